The number of halogens is 2. The Hall–Kier alpha value is -1.13. The van der Waals surface area contributed by atoms with Gasteiger partial charge in [0, 0.05) is 12.2 Å². The van der Waals surface area contributed by atoms with Crippen LogP contribution in [-0.2, 0) is 4.79 Å². The van der Waals surface area contributed by atoms with Gasteiger partial charge in [-0.05, 0) is 18.6 Å². The Labute approximate surface area is 117 Å². The molecule has 4 N–H and O–H groups in total. The molecule has 0 aliphatic heterocycles. The van der Waals surface area contributed by atoms with E-state index in [1.165, 1.54) is 0 Å². The fourth-order valence-electron chi connectivity index (χ4n) is 1.69. The topological polar surface area (TPSA) is 72.3 Å². The van der Waals surface area contributed by atoms with Crippen LogP contribution in [0.4, 0.5) is 11.4 Å². The van der Waals surface area contributed by atoms with Gasteiger partial charge >= 0.3 is 0 Å². The first-order valence-corrected chi connectivity index (χ1v) is 6.49. The number of nitrogens with two attached hydrogens (primary N) is 2. The maximum atomic E-state index is 11.1. The lowest BCUT2D eigenvalue weighted by atomic mass is 10.2. The molecule has 0 bridgehead atoms. The molecule has 0 saturated carbocycles. The van der Waals surface area contributed by atoms with Crippen molar-refractivity contribution in [2.24, 2.45) is 5.73 Å². The molecule has 0 aromatic heterocycles. The highest BCUT2D eigenvalue weighted by Gasteiger charge is 2.16. The number of hydrogen-bond acceptors (Lipinski definition) is 3. The Morgan fingerprint density at radius 2 is 1.89 bits per heavy atom. The van der Waals surface area contributed by atoms with Crippen LogP contribution in [0.5, 0.6) is 0 Å². The van der Waals surface area contributed by atoms with Gasteiger partial charge in [-0.2, -0.15) is 0 Å². The summed E-state index contributed by atoms with van der Waals surface area (Å²) in [6.07, 6.45) is 1.92. The van der Waals surface area contributed by atoms with E-state index in [9.17, 15) is 4.79 Å². The minimum absolute atomic E-state index is 0.0867. The van der Waals surface area contributed by atoms with Crippen LogP contribution in [0, 0.1) is 0 Å². The zero-order valence-electron chi connectivity index (χ0n) is 10.2. The number of anilines is 2. The second-order valence-corrected chi connectivity index (χ2v) is 4.89. The van der Waals surface area contributed by atoms with E-state index >= 15 is 0 Å². The fraction of sp³-hybridized carbons (Fsp3) is 0.417. The van der Waals surface area contributed by atoms with E-state index in [0.717, 1.165) is 12.8 Å². The summed E-state index contributed by atoms with van der Waals surface area (Å²) in [7, 11) is 0. The molecule has 0 radical (unpaired) electrons. The van der Waals surface area contributed by atoms with Crippen molar-refractivity contribution in [3.63, 3.8) is 0 Å². The summed E-state index contributed by atoms with van der Waals surface area (Å²) in [5, 5.41) is 0.856. The van der Waals surface area contributed by atoms with E-state index in [1.54, 1.807) is 17.0 Å². The second-order valence-electron chi connectivity index (χ2n) is 4.07. The zero-order valence-corrected chi connectivity index (χ0v) is 11.8. The highest BCUT2D eigenvalue weighted by atomic mass is 35.5. The van der Waals surface area contributed by atoms with Gasteiger partial charge in [0.15, 0.2) is 0 Å². The van der Waals surface area contributed by atoms with Crippen molar-refractivity contribution < 1.29 is 4.79 Å². The first kappa shape index (κ1) is 14.9. The first-order valence-electron chi connectivity index (χ1n) is 5.73. The van der Waals surface area contributed by atoms with Crippen LogP contribution >= 0.6 is 23.2 Å². The third kappa shape index (κ3) is 3.96. The van der Waals surface area contributed by atoms with Crippen LogP contribution in [0.25, 0.3) is 0 Å². The molecule has 1 amide bonds. The monoisotopic (exact) mass is 289 g/mol. The standard InChI is InChI=1S/C12H17Cl2N3O/c1-2-3-4-17(7-11(16)18)12-9(13)5-8(15)6-10(12)14/h5-6H,2-4,7,15H2,1H3,(H2,16,18). The average Bonchev–Trinajstić information content (AvgIpc) is 2.23. The van der Waals surface area contributed by atoms with E-state index in [1.807, 2.05) is 0 Å². The number of amides is 1. The molecule has 0 atom stereocenters. The molecule has 4 nitrogen and oxygen atoms in total. The minimum atomic E-state index is -0.421. The van der Waals surface area contributed by atoms with Gasteiger partial charge < -0.3 is 16.4 Å². The Balaban J connectivity index is 3.07. The second kappa shape index (κ2) is 6.71. The highest BCUT2D eigenvalue weighted by Crippen LogP contribution is 2.36. The van der Waals surface area contributed by atoms with E-state index < -0.39 is 5.91 Å². The number of rotatable bonds is 6. The maximum Gasteiger partial charge on any atom is 0.236 e. The van der Waals surface area contributed by atoms with Crippen LogP contribution in [0.15, 0.2) is 12.1 Å². The van der Waals surface area contributed by atoms with E-state index in [2.05, 4.69) is 6.92 Å². The van der Waals surface area contributed by atoms with Crippen molar-refractivity contribution in [2.75, 3.05) is 23.7 Å². The summed E-state index contributed by atoms with van der Waals surface area (Å²) in [4.78, 5) is 12.9. The average molecular weight is 290 g/mol. The molecular weight excluding hydrogens is 273 g/mol. The van der Waals surface area contributed by atoms with Crippen molar-refractivity contribution in [1.29, 1.82) is 0 Å². The van der Waals surface area contributed by atoms with Gasteiger partial charge in [-0.3, -0.25) is 4.79 Å². The SMILES string of the molecule is CCCCN(CC(N)=O)c1c(Cl)cc(N)cc1Cl. The molecule has 100 valence electrons. The summed E-state index contributed by atoms with van der Waals surface area (Å²) in [5.74, 6) is -0.421. The van der Waals surface area contributed by atoms with Gasteiger partial charge in [0.2, 0.25) is 5.91 Å². The summed E-state index contributed by atoms with van der Waals surface area (Å²) in [5.41, 5.74) is 12.0. The van der Waals surface area contributed by atoms with Gasteiger partial charge in [0.25, 0.3) is 0 Å². The number of nitrogen functional groups attached to an aromatic ring is 1. The molecule has 0 fully saturated rings. The number of nitrogens with zero attached hydrogens (tertiary/aromatic N) is 1. The molecule has 0 unspecified atom stereocenters. The first-order chi connectivity index (χ1) is 8.45. The third-order valence-electron chi connectivity index (χ3n) is 2.48. The molecular formula is C12H17Cl2N3O. The van der Waals surface area contributed by atoms with Gasteiger partial charge in [0.05, 0.1) is 22.3 Å². The number of benzene rings is 1. The van der Waals surface area contributed by atoms with Crippen molar-refractivity contribution in [1.82, 2.24) is 0 Å². The van der Waals surface area contributed by atoms with Crippen LogP contribution in [0.1, 0.15) is 19.8 Å². The van der Waals surface area contributed by atoms with Crippen molar-refractivity contribution >= 4 is 40.5 Å². The molecule has 1 rings (SSSR count). The van der Waals surface area contributed by atoms with Crippen molar-refractivity contribution in [2.45, 2.75) is 19.8 Å². The van der Waals surface area contributed by atoms with Crippen LogP contribution < -0.4 is 16.4 Å². The van der Waals surface area contributed by atoms with Gasteiger partial charge in [-0.15, -0.1) is 0 Å². The molecule has 0 aliphatic rings. The van der Waals surface area contributed by atoms with Gasteiger partial charge in [-0.25, -0.2) is 0 Å². The normalized spacial score (nSPS) is 10.4. The molecule has 0 spiro atoms. The summed E-state index contributed by atoms with van der Waals surface area (Å²) < 4.78 is 0. The largest absolute Gasteiger partial charge is 0.399 e. The number of hydrogen-bond donors (Lipinski definition) is 2. The predicted molar refractivity (Wildman–Crippen MR) is 77.2 cm³/mol. The molecule has 18 heavy (non-hydrogen) atoms. The van der Waals surface area contributed by atoms with Crippen LogP contribution in [-0.4, -0.2) is 19.0 Å². The number of primary amides is 1. The lowest BCUT2D eigenvalue weighted by molar-refractivity contribution is -0.116. The Bertz CT molecular complexity index is 414. The minimum Gasteiger partial charge on any atom is -0.399 e. The third-order valence-corrected chi connectivity index (χ3v) is 3.06. The molecule has 0 aliphatic carbocycles. The molecule has 0 saturated heterocycles. The summed E-state index contributed by atoms with van der Waals surface area (Å²) in [6, 6.07) is 3.23. The Morgan fingerprint density at radius 1 is 1.33 bits per heavy atom. The molecule has 1 aromatic carbocycles. The van der Waals surface area contributed by atoms with Crippen LogP contribution in [0.3, 0.4) is 0 Å². The molecule has 0 heterocycles. The highest BCUT2D eigenvalue weighted by molar-refractivity contribution is 6.39. The van der Waals surface area contributed by atoms with E-state index in [0.29, 0.717) is 28.0 Å². The zero-order chi connectivity index (χ0) is 13.7. The van der Waals surface area contributed by atoms with Gasteiger partial charge in [0.1, 0.15) is 0 Å². The lowest BCUT2D eigenvalue weighted by Gasteiger charge is -2.25. The number of carbonyl (C=O) groups excluding carboxylic acids is 1. The van der Waals surface area contributed by atoms with Crippen molar-refractivity contribution in [3.05, 3.63) is 22.2 Å². The quantitative estimate of drug-likeness (QED) is 0.791. The predicted octanol–water partition coefficient (Wildman–Crippen LogP) is 2.67. The summed E-state index contributed by atoms with van der Waals surface area (Å²) >= 11 is 12.3. The fourth-order valence-corrected chi connectivity index (χ4v) is 2.44. The smallest absolute Gasteiger partial charge is 0.236 e. The Morgan fingerprint density at radius 3 is 2.33 bits per heavy atom. The number of unbranched alkanes of at least 4 members (excludes halogenated alkanes) is 1. The van der Waals surface area contributed by atoms with Crippen molar-refractivity contribution in [3.8, 4) is 0 Å². The van der Waals surface area contributed by atoms with E-state index in [-0.39, 0.29) is 6.54 Å². The molecule has 6 heteroatoms. The summed E-state index contributed by atoms with van der Waals surface area (Å²) in [6.45, 7) is 2.82. The maximum absolute atomic E-state index is 11.1. The Kier molecular flexibility index (Phi) is 5.56. The number of carbonyl (C=O) groups is 1. The van der Waals surface area contributed by atoms with E-state index in [4.69, 9.17) is 34.7 Å². The lowest BCUT2D eigenvalue weighted by Crippen LogP contribution is -2.34. The van der Waals surface area contributed by atoms with Crippen LogP contribution in [0.2, 0.25) is 10.0 Å². The molecule has 1 aromatic rings. The van der Waals surface area contributed by atoms with Gasteiger partial charge in [-0.1, -0.05) is 36.5 Å².